The molecule has 1 aromatic carbocycles. The molecule has 0 spiro atoms. The summed E-state index contributed by atoms with van der Waals surface area (Å²) < 4.78 is 1.15. The topological polar surface area (TPSA) is 37.8 Å². The Bertz CT molecular complexity index is 799. The Labute approximate surface area is 132 Å². The maximum Gasteiger partial charge on any atom is 0.106 e. The molecule has 0 bridgehead atoms. The fourth-order valence-electron chi connectivity index (χ4n) is 2.97. The van der Waals surface area contributed by atoms with Crippen LogP contribution in [0.1, 0.15) is 30.1 Å². The first kappa shape index (κ1) is 13.0. The van der Waals surface area contributed by atoms with Crippen LogP contribution in [0.3, 0.4) is 0 Å². The van der Waals surface area contributed by atoms with Gasteiger partial charge < -0.3 is 5.32 Å². The highest BCUT2D eigenvalue weighted by atomic mass is 35.5. The van der Waals surface area contributed by atoms with Crippen molar-refractivity contribution < 1.29 is 0 Å². The van der Waals surface area contributed by atoms with Crippen molar-refractivity contribution in [1.82, 2.24) is 9.97 Å². The van der Waals surface area contributed by atoms with E-state index in [2.05, 4.69) is 21.4 Å². The predicted molar refractivity (Wildman–Crippen MR) is 88.2 cm³/mol. The summed E-state index contributed by atoms with van der Waals surface area (Å²) in [6.45, 7) is 0. The molecule has 1 atom stereocenters. The number of hydrogen-bond acceptors (Lipinski definition) is 4. The van der Waals surface area contributed by atoms with Crippen molar-refractivity contribution >= 4 is 38.8 Å². The van der Waals surface area contributed by atoms with Gasteiger partial charge in [-0.25, -0.2) is 4.98 Å². The van der Waals surface area contributed by atoms with E-state index in [1.54, 1.807) is 11.3 Å². The van der Waals surface area contributed by atoms with Gasteiger partial charge in [-0.05, 0) is 43.0 Å². The molecule has 1 aliphatic carbocycles. The molecule has 0 fully saturated rings. The van der Waals surface area contributed by atoms with Crippen LogP contribution < -0.4 is 5.32 Å². The number of nitrogens with zero attached hydrogens (tertiary/aromatic N) is 2. The van der Waals surface area contributed by atoms with Gasteiger partial charge in [0.05, 0.1) is 32.7 Å². The van der Waals surface area contributed by atoms with E-state index in [-0.39, 0.29) is 6.04 Å². The van der Waals surface area contributed by atoms with Gasteiger partial charge in [-0.3, -0.25) is 4.98 Å². The van der Waals surface area contributed by atoms with Gasteiger partial charge in [-0.15, -0.1) is 11.3 Å². The third-order valence-corrected chi connectivity index (χ3v) is 5.07. The first-order valence-electron chi connectivity index (χ1n) is 7.05. The zero-order chi connectivity index (χ0) is 14.2. The lowest BCUT2D eigenvalue weighted by atomic mass is 9.92. The van der Waals surface area contributed by atoms with E-state index in [1.807, 2.05) is 29.9 Å². The second kappa shape index (κ2) is 5.28. The van der Waals surface area contributed by atoms with E-state index in [0.29, 0.717) is 0 Å². The molecule has 4 rings (SSSR count). The van der Waals surface area contributed by atoms with E-state index in [9.17, 15) is 0 Å². The summed E-state index contributed by atoms with van der Waals surface area (Å²) >= 11 is 8.02. The van der Waals surface area contributed by atoms with Crippen molar-refractivity contribution in [2.24, 2.45) is 0 Å². The van der Waals surface area contributed by atoms with E-state index in [0.717, 1.165) is 39.5 Å². The predicted octanol–water partition coefficient (Wildman–Crippen LogP) is 4.83. The number of aromatic nitrogens is 2. The van der Waals surface area contributed by atoms with Gasteiger partial charge >= 0.3 is 0 Å². The summed E-state index contributed by atoms with van der Waals surface area (Å²) in [5.74, 6) is 0. The normalized spacial score (nSPS) is 17.7. The second-order valence-electron chi connectivity index (χ2n) is 5.26. The smallest absolute Gasteiger partial charge is 0.106 e. The number of hydrogen-bond donors (Lipinski definition) is 1. The molecule has 2 aromatic heterocycles. The molecule has 1 N–H and O–H groups in total. The third kappa shape index (κ3) is 2.28. The van der Waals surface area contributed by atoms with Gasteiger partial charge in [0.25, 0.3) is 0 Å². The number of pyridine rings is 1. The molecule has 0 aliphatic heterocycles. The number of rotatable bonds is 2. The SMILES string of the molecule is Clc1ccc2scnc2c1NC1CCCc2cccnc21. The lowest BCUT2D eigenvalue weighted by molar-refractivity contribution is 0.584. The van der Waals surface area contributed by atoms with Gasteiger partial charge in [0.1, 0.15) is 5.52 Å². The van der Waals surface area contributed by atoms with Crippen LogP contribution in [0, 0.1) is 0 Å². The first-order valence-corrected chi connectivity index (χ1v) is 8.31. The minimum absolute atomic E-state index is 0.208. The largest absolute Gasteiger partial charge is 0.374 e. The number of benzene rings is 1. The number of fused-ring (bicyclic) bond motifs is 2. The van der Waals surface area contributed by atoms with Gasteiger partial charge in [0.15, 0.2) is 0 Å². The standard InChI is InChI=1S/C16H14ClN3S/c17-11-6-7-13-16(19-9-21-13)15(11)20-12-5-1-3-10-4-2-8-18-14(10)12/h2,4,6-9,12,20H,1,3,5H2. The molecule has 1 aliphatic rings. The Balaban J connectivity index is 1.76. The molecule has 1 unspecified atom stereocenters. The Morgan fingerprint density at radius 3 is 3.14 bits per heavy atom. The molecule has 5 heteroatoms. The van der Waals surface area contributed by atoms with Gasteiger partial charge in [0.2, 0.25) is 0 Å². The van der Waals surface area contributed by atoms with Crippen LogP contribution in [-0.4, -0.2) is 9.97 Å². The van der Waals surface area contributed by atoms with Crippen LogP contribution in [0.2, 0.25) is 5.02 Å². The summed E-state index contributed by atoms with van der Waals surface area (Å²) in [4.78, 5) is 9.02. The molecular formula is C16H14ClN3S. The molecule has 21 heavy (non-hydrogen) atoms. The average molecular weight is 316 g/mol. The van der Waals surface area contributed by atoms with Crippen molar-refractivity contribution in [1.29, 1.82) is 0 Å². The maximum absolute atomic E-state index is 6.39. The average Bonchev–Trinajstić information content (AvgIpc) is 2.99. The van der Waals surface area contributed by atoms with Crippen LogP contribution in [0.15, 0.2) is 36.0 Å². The Kier molecular flexibility index (Phi) is 3.28. The molecular weight excluding hydrogens is 302 g/mol. The quantitative estimate of drug-likeness (QED) is 0.735. The van der Waals surface area contributed by atoms with Gasteiger partial charge in [-0.1, -0.05) is 17.7 Å². The Morgan fingerprint density at radius 2 is 2.19 bits per heavy atom. The van der Waals surface area contributed by atoms with Gasteiger partial charge in [0, 0.05) is 6.20 Å². The molecule has 3 nitrogen and oxygen atoms in total. The Hall–Kier alpha value is -1.65. The van der Waals surface area contributed by atoms with Crippen molar-refractivity contribution in [3.8, 4) is 0 Å². The number of aryl methyl sites for hydroxylation is 1. The molecule has 106 valence electrons. The van der Waals surface area contributed by atoms with Crippen LogP contribution in [-0.2, 0) is 6.42 Å². The highest BCUT2D eigenvalue weighted by molar-refractivity contribution is 7.16. The van der Waals surface area contributed by atoms with Crippen LogP contribution in [0.25, 0.3) is 10.2 Å². The lowest BCUT2D eigenvalue weighted by Crippen LogP contribution is -2.19. The molecule has 0 radical (unpaired) electrons. The van der Waals surface area contributed by atoms with Crippen molar-refractivity contribution in [3.05, 3.63) is 52.3 Å². The first-order chi connectivity index (χ1) is 10.3. The summed E-state index contributed by atoms with van der Waals surface area (Å²) in [6, 6.07) is 8.34. The molecule has 3 aromatic rings. The summed E-state index contributed by atoms with van der Waals surface area (Å²) in [5, 5.41) is 4.30. The monoisotopic (exact) mass is 315 g/mol. The second-order valence-corrected chi connectivity index (χ2v) is 6.55. The summed E-state index contributed by atoms with van der Waals surface area (Å²) in [6.07, 6.45) is 5.21. The minimum Gasteiger partial charge on any atom is -0.374 e. The van der Waals surface area contributed by atoms with E-state index in [4.69, 9.17) is 11.6 Å². The summed E-state index contributed by atoms with van der Waals surface area (Å²) in [7, 11) is 0. The third-order valence-electron chi connectivity index (χ3n) is 3.97. The highest BCUT2D eigenvalue weighted by Crippen LogP contribution is 2.37. The number of thiazole rings is 1. The van der Waals surface area contributed by atoms with E-state index in [1.165, 1.54) is 12.0 Å². The van der Waals surface area contributed by atoms with Gasteiger partial charge in [-0.2, -0.15) is 0 Å². The zero-order valence-corrected chi connectivity index (χ0v) is 12.9. The van der Waals surface area contributed by atoms with Crippen molar-refractivity contribution in [2.45, 2.75) is 25.3 Å². The Morgan fingerprint density at radius 1 is 1.24 bits per heavy atom. The van der Waals surface area contributed by atoms with E-state index < -0.39 is 0 Å². The zero-order valence-electron chi connectivity index (χ0n) is 11.3. The fraction of sp³-hybridized carbons (Fsp3) is 0.250. The molecule has 0 saturated heterocycles. The fourth-order valence-corrected chi connectivity index (χ4v) is 3.86. The van der Waals surface area contributed by atoms with Crippen molar-refractivity contribution in [3.63, 3.8) is 0 Å². The number of anilines is 1. The molecule has 0 saturated carbocycles. The number of halogens is 1. The van der Waals surface area contributed by atoms with E-state index >= 15 is 0 Å². The summed E-state index contributed by atoms with van der Waals surface area (Å²) in [5.41, 5.74) is 6.23. The lowest BCUT2D eigenvalue weighted by Gasteiger charge is -2.26. The van der Waals surface area contributed by atoms with Crippen LogP contribution >= 0.6 is 22.9 Å². The maximum atomic E-state index is 6.39. The van der Waals surface area contributed by atoms with Crippen LogP contribution in [0.4, 0.5) is 5.69 Å². The molecule has 2 heterocycles. The minimum atomic E-state index is 0.208. The highest BCUT2D eigenvalue weighted by Gasteiger charge is 2.22. The van der Waals surface area contributed by atoms with Crippen molar-refractivity contribution in [2.75, 3.05) is 5.32 Å². The molecule has 0 amide bonds. The van der Waals surface area contributed by atoms with Crippen LogP contribution in [0.5, 0.6) is 0 Å². The number of nitrogens with one attached hydrogen (secondary N) is 1.